The van der Waals surface area contributed by atoms with E-state index in [-0.39, 0.29) is 11.4 Å². The highest BCUT2D eigenvalue weighted by molar-refractivity contribution is 7.89. The van der Waals surface area contributed by atoms with E-state index in [1.807, 2.05) is 4.83 Å². The number of nitrogens with one attached hydrogen (secondary N) is 4. The van der Waals surface area contributed by atoms with Crippen molar-refractivity contribution in [2.75, 3.05) is 0 Å². The first-order chi connectivity index (χ1) is 19.1. The molecule has 0 aliphatic carbocycles. The minimum Gasteiger partial charge on any atom is -0.507 e. The van der Waals surface area contributed by atoms with E-state index in [4.69, 9.17) is 0 Å². The van der Waals surface area contributed by atoms with Crippen molar-refractivity contribution in [3.8, 4) is 5.75 Å². The smallest absolute Gasteiger partial charge is 0.288 e. The van der Waals surface area contributed by atoms with Crippen LogP contribution in [0.25, 0.3) is 11.3 Å². The van der Waals surface area contributed by atoms with Crippen molar-refractivity contribution in [2.45, 2.75) is 18.7 Å². The second-order valence-corrected chi connectivity index (χ2v) is 10.3. The maximum absolute atomic E-state index is 12.9. The van der Waals surface area contributed by atoms with Crippen molar-refractivity contribution in [1.82, 2.24) is 39.9 Å². The summed E-state index contributed by atoms with van der Waals surface area (Å²) in [6.45, 7) is 3.24. The normalized spacial score (nSPS) is 11.4. The number of aromatic hydroxyl groups is 1. The number of hydrazine groups is 2. The lowest BCUT2D eigenvalue weighted by molar-refractivity contribution is 0.0841. The van der Waals surface area contributed by atoms with Crippen LogP contribution in [-0.2, 0) is 10.0 Å². The maximum atomic E-state index is 12.9. The molecule has 1 aromatic carbocycles. The van der Waals surface area contributed by atoms with Crippen molar-refractivity contribution in [3.63, 3.8) is 0 Å². The van der Waals surface area contributed by atoms with Crippen LogP contribution >= 0.6 is 0 Å². The van der Waals surface area contributed by atoms with Gasteiger partial charge in [-0.15, -0.1) is 4.83 Å². The van der Waals surface area contributed by atoms with Crippen molar-refractivity contribution in [3.05, 3.63) is 95.3 Å². The van der Waals surface area contributed by atoms with Gasteiger partial charge in [0.25, 0.3) is 27.7 Å². The summed E-state index contributed by atoms with van der Waals surface area (Å²) in [5.74, 6) is -2.97. The van der Waals surface area contributed by atoms with Crippen LogP contribution in [0, 0.1) is 13.8 Å². The zero-order chi connectivity index (χ0) is 28.6. The Kier molecular flexibility index (Phi) is 6.66. The lowest BCUT2D eigenvalue weighted by Crippen LogP contribution is -2.43. The van der Waals surface area contributed by atoms with Gasteiger partial charge in [-0.2, -0.15) is 0 Å². The third-order valence-corrected chi connectivity index (χ3v) is 7.20. The van der Waals surface area contributed by atoms with Crippen LogP contribution in [0.3, 0.4) is 0 Å². The van der Waals surface area contributed by atoms with Gasteiger partial charge >= 0.3 is 0 Å². The quantitative estimate of drug-likeness (QED) is 0.190. The van der Waals surface area contributed by atoms with Gasteiger partial charge in [-0.25, -0.2) is 18.4 Å². The van der Waals surface area contributed by atoms with E-state index in [0.717, 1.165) is 18.2 Å². The minimum absolute atomic E-state index is 0.126. The zero-order valence-corrected chi connectivity index (χ0v) is 21.9. The number of imidazole rings is 2. The SMILES string of the molecule is Cc1nc2ccccn2c1C(=O)NNC(=O)c1cc(S(=O)(=O)NNC(=O)c2c(C)nc3ccccn23)ccc1O. The Bertz CT molecular complexity index is 1930. The molecule has 0 saturated carbocycles. The van der Waals surface area contributed by atoms with Gasteiger partial charge in [-0.3, -0.25) is 39.5 Å². The predicted octanol–water partition coefficient (Wildman–Crippen LogP) is 1.00. The molecule has 0 spiro atoms. The molecule has 0 aliphatic heterocycles. The molecule has 15 heteroatoms. The predicted molar refractivity (Wildman–Crippen MR) is 141 cm³/mol. The van der Waals surface area contributed by atoms with Crippen LogP contribution in [0.1, 0.15) is 42.7 Å². The first kappa shape index (κ1) is 26.3. The second-order valence-electron chi connectivity index (χ2n) is 8.60. The zero-order valence-electron chi connectivity index (χ0n) is 21.0. The summed E-state index contributed by atoms with van der Waals surface area (Å²) in [5.41, 5.74) is 8.22. The fourth-order valence-electron chi connectivity index (χ4n) is 4.11. The molecule has 0 saturated heterocycles. The molecule has 5 rings (SSSR count). The van der Waals surface area contributed by atoms with Crippen LogP contribution in [0.5, 0.6) is 5.75 Å². The summed E-state index contributed by atoms with van der Waals surface area (Å²) < 4.78 is 28.8. The molecule has 0 atom stereocenters. The molecule has 0 bridgehead atoms. The standard InChI is InChI=1S/C25H22N8O6S/c1-14-21(32-11-5-3-7-19(32)26-14)24(36)29-28-23(35)17-13-16(9-10-18(17)34)40(38,39)31-30-25(37)22-15(2)27-20-8-4-6-12-33(20)22/h3-13,31,34H,1-2H3,(H,28,35)(H,29,36)(H,30,37). The van der Waals surface area contributed by atoms with Gasteiger partial charge in [0.2, 0.25) is 0 Å². The maximum Gasteiger partial charge on any atom is 0.288 e. The monoisotopic (exact) mass is 562 g/mol. The van der Waals surface area contributed by atoms with E-state index >= 15 is 0 Å². The number of aromatic nitrogens is 4. The number of nitrogens with zero attached hydrogens (tertiary/aromatic N) is 4. The second kappa shape index (κ2) is 10.1. The fourth-order valence-corrected chi connectivity index (χ4v) is 4.98. The Hall–Kier alpha value is -5.28. The Morgan fingerprint density at radius 1 is 0.750 bits per heavy atom. The summed E-state index contributed by atoms with van der Waals surface area (Å²) in [4.78, 5) is 48.3. The van der Waals surface area contributed by atoms with E-state index < -0.39 is 44.0 Å². The van der Waals surface area contributed by atoms with Gasteiger partial charge in [0, 0.05) is 12.4 Å². The van der Waals surface area contributed by atoms with Crippen molar-refractivity contribution < 1.29 is 27.9 Å². The molecule has 0 aliphatic rings. The van der Waals surface area contributed by atoms with Crippen molar-refractivity contribution in [2.24, 2.45) is 0 Å². The molecule has 204 valence electrons. The number of sulfonamides is 1. The lowest BCUT2D eigenvalue weighted by Gasteiger charge is -2.12. The van der Waals surface area contributed by atoms with Gasteiger partial charge in [0.15, 0.2) is 0 Å². The molecule has 0 radical (unpaired) electrons. The van der Waals surface area contributed by atoms with E-state index in [2.05, 4.69) is 26.2 Å². The van der Waals surface area contributed by atoms with E-state index in [1.54, 1.807) is 62.6 Å². The number of amides is 3. The number of benzene rings is 1. The minimum atomic E-state index is -4.38. The highest BCUT2D eigenvalue weighted by atomic mass is 32.2. The van der Waals surface area contributed by atoms with Gasteiger partial charge < -0.3 is 5.11 Å². The lowest BCUT2D eigenvalue weighted by atomic mass is 10.2. The van der Waals surface area contributed by atoms with E-state index in [0.29, 0.717) is 22.7 Å². The van der Waals surface area contributed by atoms with Crippen LogP contribution < -0.4 is 21.1 Å². The molecule has 5 N–H and O–H groups in total. The highest BCUT2D eigenvalue weighted by Gasteiger charge is 2.23. The number of carbonyl (C=O) groups excluding carboxylic acids is 3. The molecule has 4 aromatic heterocycles. The first-order valence-electron chi connectivity index (χ1n) is 11.7. The van der Waals surface area contributed by atoms with Crippen molar-refractivity contribution in [1.29, 1.82) is 0 Å². The molecular weight excluding hydrogens is 540 g/mol. The average Bonchev–Trinajstić information content (AvgIpc) is 3.45. The topological polar surface area (TPSA) is 188 Å². The molecule has 5 aromatic rings. The van der Waals surface area contributed by atoms with Crippen molar-refractivity contribution >= 4 is 39.0 Å². The number of carbonyl (C=O) groups is 3. The number of phenols is 1. The Balaban J connectivity index is 1.29. The Labute approximate surface area is 226 Å². The summed E-state index contributed by atoms with van der Waals surface area (Å²) in [6, 6.07) is 13.2. The molecule has 3 amide bonds. The third kappa shape index (κ3) is 4.81. The molecule has 0 unspecified atom stereocenters. The summed E-state index contributed by atoms with van der Waals surface area (Å²) >= 11 is 0. The van der Waals surface area contributed by atoms with Gasteiger partial charge in [0.05, 0.1) is 21.8 Å². The Morgan fingerprint density at radius 3 is 1.85 bits per heavy atom. The summed E-state index contributed by atoms with van der Waals surface area (Å²) in [7, 11) is -4.38. The number of aryl methyl sites for hydroxylation is 2. The fraction of sp³-hybridized carbons (Fsp3) is 0.0800. The van der Waals surface area contributed by atoms with Gasteiger partial charge in [0.1, 0.15) is 28.4 Å². The molecule has 40 heavy (non-hydrogen) atoms. The molecule has 0 fully saturated rings. The number of pyridine rings is 2. The number of hydrogen-bond donors (Lipinski definition) is 5. The summed E-state index contributed by atoms with van der Waals surface area (Å²) in [5, 5.41) is 10.2. The van der Waals surface area contributed by atoms with Gasteiger partial charge in [-0.05, 0) is 56.3 Å². The number of phenolic OH excluding ortho intramolecular Hbond substituents is 1. The van der Waals surface area contributed by atoms with Gasteiger partial charge in [-0.1, -0.05) is 12.1 Å². The Morgan fingerprint density at radius 2 is 1.27 bits per heavy atom. The van der Waals surface area contributed by atoms with Crippen LogP contribution in [0.4, 0.5) is 0 Å². The largest absolute Gasteiger partial charge is 0.507 e. The molecule has 4 heterocycles. The molecule has 14 nitrogen and oxygen atoms in total. The number of fused-ring (bicyclic) bond motifs is 2. The van der Waals surface area contributed by atoms with Crippen LogP contribution in [-0.4, -0.2) is 50.0 Å². The van der Waals surface area contributed by atoms with Crippen LogP contribution in [0.2, 0.25) is 0 Å². The third-order valence-electron chi connectivity index (χ3n) is 5.95. The number of rotatable bonds is 6. The van der Waals surface area contributed by atoms with Crippen LogP contribution in [0.15, 0.2) is 71.9 Å². The highest BCUT2D eigenvalue weighted by Crippen LogP contribution is 2.21. The summed E-state index contributed by atoms with van der Waals surface area (Å²) in [6.07, 6.45) is 3.24. The average molecular weight is 563 g/mol. The van der Waals surface area contributed by atoms with E-state index in [1.165, 1.54) is 8.80 Å². The number of hydrogen-bond acceptors (Lipinski definition) is 8. The molecular formula is C25H22N8O6S. The first-order valence-corrected chi connectivity index (χ1v) is 13.2. The van der Waals surface area contributed by atoms with E-state index in [9.17, 15) is 27.9 Å².